The van der Waals surface area contributed by atoms with Gasteiger partial charge in [0, 0.05) is 30.6 Å². The van der Waals surface area contributed by atoms with Crippen LogP contribution < -0.4 is 10.1 Å². The number of ether oxygens (including phenoxy) is 3. The third-order valence-corrected chi connectivity index (χ3v) is 5.79. The number of H-pyrrole nitrogens is 1. The number of nitrogens with one attached hydrogen (secondary N) is 3. The highest BCUT2D eigenvalue weighted by Crippen LogP contribution is 2.31. The maximum atomic E-state index is 7.86. The van der Waals surface area contributed by atoms with Crippen LogP contribution in [0.1, 0.15) is 31.4 Å². The van der Waals surface area contributed by atoms with Gasteiger partial charge in [0.1, 0.15) is 6.10 Å². The molecule has 0 aromatic carbocycles. The molecular formula is C19H22ClN5O3. The zero-order valence-corrected chi connectivity index (χ0v) is 16.1. The maximum absolute atomic E-state index is 7.86. The average Bonchev–Trinajstić information content (AvgIpc) is 3.40. The van der Waals surface area contributed by atoms with Gasteiger partial charge in [-0.25, -0.2) is 4.98 Å². The molecule has 9 heteroatoms. The molecule has 0 amide bonds. The molecule has 3 aliphatic rings. The number of piperidine rings is 1. The highest BCUT2D eigenvalue weighted by Gasteiger charge is 2.43. The van der Waals surface area contributed by atoms with E-state index < -0.39 is 0 Å². The molecular weight excluding hydrogens is 382 g/mol. The lowest BCUT2D eigenvalue weighted by Gasteiger charge is -2.19. The molecule has 5 heterocycles. The van der Waals surface area contributed by atoms with Crippen molar-refractivity contribution in [3.05, 3.63) is 22.5 Å². The molecule has 2 aromatic heterocycles. The molecule has 8 nitrogen and oxygen atoms in total. The van der Waals surface area contributed by atoms with Gasteiger partial charge in [0.15, 0.2) is 11.8 Å². The summed E-state index contributed by atoms with van der Waals surface area (Å²) in [5, 5.41) is 11.7. The van der Waals surface area contributed by atoms with Gasteiger partial charge in [0.05, 0.1) is 28.9 Å². The van der Waals surface area contributed by atoms with Gasteiger partial charge >= 0.3 is 0 Å². The van der Waals surface area contributed by atoms with Gasteiger partial charge in [0.2, 0.25) is 0 Å². The molecule has 3 aliphatic heterocycles. The number of hydrogen-bond donors (Lipinski definition) is 3. The molecule has 28 heavy (non-hydrogen) atoms. The summed E-state index contributed by atoms with van der Waals surface area (Å²) < 4.78 is 17.4. The Bertz CT molecular complexity index is 935. The van der Waals surface area contributed by atoms with Crippen molar-refractivity contribution in [2.45, 2.75) is 44.0 Å². The number of imidazole rings is 1. The Morgan fingerprint density at radius 2 is 2.25 bits per heavy atom. The number of nitrogens with zero attached hydrogens (tertiary/aromatic N) is 2. The van der Waals surface area contributed by atoms with E-state index in [1.807, 2.05) is 0 Å². The molecule has 0 bridgehead atoms. The van der Waals surface area contributed by atoms with Gasteiger partial charge in [-0.05, 0) is 31.7 Å². The molecule has 5 rings (SSSR count). The number of halogens is 1. The number of aromatic nitrogens is 3. The van der Waals surface area contributed by atoms with Crippen LogP contribution in [0, 0.1) is 5.41 Å². The number of pyridine rings is 1. The Morgan fingerprint density at radius 3 is 3.07 bits per heavy atom. The SMILES string of the molecule is N=C/C(=C1/CCCCN1)c1nc2nc(OC3CO[C@@H]4CCO[C@H]34)[nH]c2cc1Cl. The molecule has 0 aliphatic carbocycles. The number of allylic oxidation sites excluding steroid dienone is 2. The van der Waals surface area contributed by atoms with Crippen LogP contribution in [0.15, 0.2) is 11.8 Å². The summed E-state index contributed by atoms with van der Waals surface area (Å²) in [7, 11) is 0. The van der Waals surface area contributed by atoms with Crippen LogP contribution in [0.3, 0.4) is 0 Å². The summed E-state index contributed by atoms with van der Waals surface area (Å²) >= 11 is 6.49. The van der Waals surface area contributed by atoms with Gasteiger partial charge in [0.25, 0.3) is 6.01 Å². The first kappa shape index (κ1) is 17.9. The summed E-state index contributed by atoms with van der Waals surface area (Å²) in [6.45, 7) is 2.09. The number of aromatic amines is 1. The van der Waals surface area contributed by atoms with E-state index in [0.29, 0.717) is 46.7 Å². The zero-order chi connectivity index (χ0) is 19.1. The first-order chi connectivity index (χ1) is 13.7. The van der Waals surface area contributed by atoms with Crippen LogP contribution in [0.25, 0.3) is 16.7 Å². The normalized spacial score (nSPS) is 28.8. The smallest absolute Gasteiger partial charge is 0.296 e. The fraction of sp³-hybridized carbons (Fsp3) is 0.526. The van der Waals surface area contributed by atoms with Crippen molar-refractivity contribution >= 4 is 34.6 Å². The summed E-state index contributed by atoms with van der Waals surface area (Å²) in [5.74, 6) is 0. The van der Waals surface area contributed by atoms with Crippen LogP contribution in [0.4, 0.5) is 0 Å². The van der Waals surface area contributed by atoms with E-state index in [1.54, 1.807) is 6.07 Å². The van der Waals surface area contributed by atoms with Gasteiger partial charge in [-0.2, -0.15) is 4.98 Å². The van der Waals surface area contributed by atoms with E-state index in [4.69, 9.17) is 31.2 Å². The molecule has 3 atom stereocenters. The quantitative estimate of drug-likeness (QED) is 0.678. The summed E-state index contributed by atoms with van der Waals surface area (Å²) in [4.78, 5) is 12.2. The van der Waals surface area contributed by atoms with Gasteiger partial charge < -0.3 is 29.9 Å². The van der Waals surface area contributed by atoms with Crippen molar-refractivity contribution in [3.63, 3.8) is 0 Å². The molecule has 2 aromatic rings. The predicted molar refractivity (Wildman–Crippen MR) is 105 cm³/mol. The van der Waals surface area contributed by atoms with Crippen LogP contribution in [-0.2, 0) is 9.47 Å². The summed E-state index contributed by atoms with van der Waals surface area (Å²) in [6, 6.07) is 2.16. The molecule has 0 radical (unpaired) electrons. The molecule has 1 unspecified atom stereocenters. The molecule has 3 saturated heterocycles. The summed E-state index contributed by atoms with van der Waals surface area (Å²) in [5.41, 5.74) is 3.48. The van der Waals surface area contributed by atoms with E-state index in [0.717, 1.165) is 37.9 Å². The minimum atomic E-state index is -0.186. The number of rotatable bonds is 4. The van der Waals surface area contributed by atoms with Crippen molar-refractivity contribution in [3.8, 4) is 6.01 Å². The average molecular weight is 404 g/mol. The monoisotopic (exact) mass is 403 g/mol. The lowest BCUT2D eigenvalue weighted by Crippen LogP contribution is -2.32. The lowest BCUT2D eigenvalue weighted by atomic mass is 10.0. The van der Waals surface area contributed by atoms with Crippen LogP contribution >= 0.6 is 11.6 Å². The zero-order valence-electron chi connectivity index (χ0n) is 15.3. The minimum Gasteiger partial charge on any atom is -0.456 e. The van der Waals surface area contributed by atoms with Gasteiger partial charge in [-0.1, -0.05) is 11.6 Å². The number of hydrogen-bond acceptors (Lipinski definition) is 7. The highest BCUT2D eigenvalue weighted by molar-refractivity contribution is 6.34. The number of fused-ring (bicyclic) bond motifs is 2. The highest BCUT2D eigenvalue weighted by atomic mass is 35.5. The fourth-order valence-electron chi connectivity index (χ4n) is 4.10. The van der Waals surface area contributed by atoms with E-state index >= 15 is 0 Å². The Morgan fingerprint density at radius 1 is 1.32 bits per heavy atom. The van der Waals surface area contributed by atoms with E-state index in [-0.39, 0.29) is 18.3 Å². The first-order valence-electron chi connectivity index (χ1n) is 9.67. The lowest BCUT2D eigenvalue weighted by molar-refractivity contribution is 0.0273. The standard InChI is InChI=1S/C19H22ClN5O3/c20-11-7-13-18(24-16(11)10(8-21)12-3-1-2-5-22-12)25-19(23-13)28-15-9-27-14-4-6-26-17(14)15/h7-8,14-15,17,21-22H,1-6,9H2,(H,23,24,25)/b12-10+,21-8?/t14-,15?,17+/m1/s1. The van der Waals surface area contributed by atoms with E-state index in [2.05, 4.69) is 20.3 Å². The Labute approximate surface area is 167 Å². The summed E-state index contributed by atoms with van der Waals surface area (Å²) in [6.07, 6.45) is 5.20. The van der Waals surface area contributed by atoms with Gasteiger partial charge in [-0.15, -0.1) is 0 Å². The van der Waals surface area contributed by atoms with E-state index in [1.165, 1.54) is 6.21 Å². The molecule has 0 saturated carbocycles. The minimum absolute atomic E-state index is 0.0491. The van der Waals surface area contributed by atoms with Crippen LogP contribution in [0.5, 0.6) is 6.01 Å². The second kappa shape index (κ2) is 7.35. The van der Waals surface area contributed by atoms with Crippen molar-refractivity contribution in [2.75, 3.05) is 19.8 Å². The molecule has 148 valence electrons. The second-order valence-electron chi connectivity index (χ2n) is 7.30. The van der Waals surface area contributed by atoms with Gasteiger partial charge in [-0.3, -0.25) is 0 Å². The second-order valence-corrected chi connectivity index (χ2v) is 7.71. The molecule has 3 fully saturated rings. The largest absolute Gasteiger partial charge is 0.456 e. The van der Waals surface area contributed by atoms with E-state index in [9.17, 15) is 0 Å². The first-order valence-corrected chi connectivity index (χ1v) is 10.0. The fourth-order valence-corrected chi connectivity index (χ4v) is 4.35. The van der Waals surface area contributed by atoms with Crippen molar-refractivity contribution in [2.24, 2.45) is 0 Å². The molecule has 0 spiro atoms. The maximum Gasteiger partial charge on any atom is 0.296 e. The van der Waals surface area contributed by atoms with Crippen molar-refractivity contribution in [1.82, 2.24) is 20.3 Å². The third-order valence-electron chi connectivity index (χ3n) is 5.50. The Kier molecular flexibility index (Phi) is 4.70. The predicted octanol–water partition coefficient (Wildman–Crippen LogP) is 2.68. The van der Waals surface area contributed by atoms with Crippen LogP contribution in [0.2, 0.25) is 5.02 Å². The van der Waals surface area contributed by atoms with Crippen molar-refractivity contribution in [1.29, 1.82) is 5.41 Å². The third kappa shape index (κ3) is 3.15. The Hall–Kier alpha value is -2.16. The molecule has 3 N–H and O–H groups in total. The van der Waals surface area contributed by atoms with Crippen LogP contribution in [-0.4, -0.2) is 59.2 Å². The van der Waals surface area contributed by atoms with Crippen molar-refractivity contribution < 1.29 is 14.2 Å². The Balaban J connectivity index is 1.45. The topological polar surface area (TPSA) is 105 Å².